The molecule has 1 N–H and O–H groups in total. The Bertz CT molecular complexity index is 328. The zero-order chi connectivity index (χ0) is 13.2. The Balaban J connectivity index is 2.34. The van der Waals surface area contributed by atoms with E-state index < -0.39 is 0 Å². The summed E-state index contributed by atoms with van der Waals surface area (Å²) in [6.07, 6.45) is 1.54. The molecule has 102 valence electrons. The van der Waals surface area contributed by atoms with Gasteiger partial charge in [-0.25, -0.2) is 4.98 Å². The van der Waals surface area contributed by atoms with Crippen molar-refractivity contribution in [1.82, 2.24) is 10.3 Å². The van der Waals surface area contributed by atoms with Gasteiger partial charge in [-0.1, -0.05) is 0 Å². The summed E-state index contributed by atoms with van der Waals surface area (Å²) in [7, 11) is 1.61. The van der Waals surface area contributed by atoms with Crippen molar-refractivity contribution in [3.05, 3.63) is 23.9 Å². The fourth-order valence-corrected chi connectivity index (χ4v) is 1.54. The minimum Gasteiger partial charge on any atom is -0.481 e. The standard InChI is InChI=1S/C13H22N2O3/c1-4-17-13(18-5-2)10-14-9-11-6-7-15-12(8-11)16-3/h6-8,13-14H,4-5,9-10H2,1-3H3. The molecule has 0 saturated heterocycles. The van der Waals surface area contributed by atoms with E-state index in [9.17, 15) is 0 Å². The highest BCUT2D eigenvalue weighted by atomic mass is 16.7. The summed E-state index contributed by atoms with van der Waals surface area (Å²) in [6, 6.07) is 3.86. The summed E-state index contributed by atoms with van der Waals surface area (Å²) < 4.78 is 16.0. The third-order valence-electron chi connectivity index (χ3n) is 2.35. The number of nitrogens with one attached hydrogen (secondary N) is 1. The van der Waals surface area contributed by atoms with E-state index in [1.165, 1.54) is 0 Å². The van der Waals surface area contributed by atoms with Gasteiger partial charge in [-0.15, -0.1) is 0 Å². The Labute approximate surface area is 108 Å². The summed E-state index contributed by atoms with van der Waals surface area (Å²) in [5.74, 6) is 0.625. The zero-order valence-corrected chi connectivity index (χ0v) is 11.3. The number of ether oxygens (including phenoxy) is 3. The molecule has 0 aromatic carbocycles. The van der Waals surface area contributed by atoms with Crippen molar-refractivity contribution >= 4 is 0 Å². The Kier molecular flexibility index (Phi) is 7.32. The minimum absolute atomic E-state index is 0.191. The molecule has 0 aliphatic rings. The van der Waals surface area contributed by atoms with Crippen LogP contribution in [-0.2, 0) is 16.0 Å². The van der Waals surface area contributed by atoms with Gasteiger partial charge in [0.1, 0.15) is 0 Å². The van der Waals surface area contributed by atoms with Crippen LogP contribution in [0.5, 0.6) is 5.88 Å². The molecular weight excluding hydrogens is 232 g/mol. The Hall–Kier alpha value is -1.17. The van der Waals surface area contributed by atoms with Crippen molar-refractivity contribution in [2.75, 3.05) is 26.9 Å². The molecule has 0 unspecified atom stereocenters. The van der Waals surface area contributed by atoms with Gasteiger partial charge in [-0.2, -0.15) is 0 Å². The quantitative estimate of drug-likeness (QED) is 0.678. The predicted molar refractivity (Wildman–Crippen MR) is 69.5 cm³/mol. The van der Waals surface area contributed by atoms with E-state index in [1.807, 2.05) is 26.0 Å². The van der Waals surface area contributed by atoms with Crippen molar-refractivity contribution in [2.24, 2.45) is 0 Å². The van der Waals surface area contributed by atoms with Crippen LogP contribution in [0.1, 0.15) is 19.4 Å². The van der Waals surface area contributed by atoms with E-state index >= 15 is 0 Å². The van der Waals surface area contributed by atoms with Gasteiger partial charge in [0.15, 0.2) is 6.29 Å². The molecule has 1 heterocycles. The third-order valence-corrected chi connectivity index (χ3v) is 2.35. The molecule has 0 aliphatic carbocycles. The Morgan fingerprint density at radius 3 is 2.61 bits per heavy atom. The highest BCUT2D eigenvalue weighted by Crippen LogP contribution is 2.08. The number of pyridine rings is 1. The molecule has 0 fully saturated rings. The maximum absolute atomic E-state index is 5.44. The van der Waals surface area contributed by atoms with Crippen molar-refractivity contribution in [2.45, 2.75) is 26.7 Å². The van der Waals surface area contributed by atoms with Gasteiger partial charge in [0, 0.05) is 38.6 Å². The summed E-state index contributed by atoms with van der Waals surface area (Å²) in [5.41, 5.74) is 1.12. The van der Waals surface area contributed by atoms with Gasteiger partial charge < -0.3 is 19.5 Å². The average molecular weight is 254 g/mol. The highest BCUT2D eigenvalue weighted by molar-refractivity contribution is 5.20. The lowest BCUT2D eigenvalue weighted by molar-refractivity contribution is -0.133. The van der Waals surface area contributed by atoms with E-state index in [2.05, 4.69) is 10.3 Å². The summed E-state index contributed by atoms with van der Waals surface area (Å²) in [4.78, 5) is 4.06. The summed E-state index contributed by atoms with van der Waals surface area (Å²) in [6.45, 7) is 6.60. The molecule has 1 aromatic rings. The van der Waals surface area contributed by atoms with E-state index in [-0.39, 0.29) is 6.29 Å². The van der Waals surface area contributed by atoms with Crippen molar-refractivity contribution in [1.29, 1.82) is 0 Å². The molecule has 0 amide bonds. The molecule has 0 radical (unpaired) electrons. The smallest absolute Gasteiger partial charge is 0.213 e. The minimum atomic E-state index is -0.191. The zero-order valence-electron chi connectivity index (χ0n) is 11.3. The van der Waals surface area contributed by atoms with E-state index in [0.717, 1.165) is 12.1 Å². The SMILES string of the molecule is CCOC(CNCc1ccnc(OC)c1)OCC. The highest BCUT2D eigenvalue weighted by Gasteiger charge is 2.06. The van der Waals surface area contributed by atoms with Crippen LogP contribution in [0.4, 0.5) is 0 Å². The number of nitrogens with zero attached hydrogens (tertiary/aromatic N) is 1. The van der Waals surface area contributed by atoms with Gasteiger partial charge in [0.25, 0.3) is 0 Å². The predicted octanol–water partition coefficient (Wildman–Crippen LogP) is 1.58. The van der Waals surface area contributed by atoms with Crippen LogP contribution in [0.15, 0.2) is 18.3 Å². The first-order chi connectivity index (χ1) is 8.80. The maximum Gasteiger partial charge on any atom is 0.213 e. The first-order valence-electron chi connectivity index (χ1n) is 6.23. The number of hydrogen-bond acceptors (Lipinski definition) is 5. The van der Waals surface area contributed by atoms with Gasteiger partial charge in [0.2, 0.25) is 5.88 Å². The molecule has 1 aromatic heterocycles. The van der Waals surface area contributed by atoms with Crippen molar-refractivity contribution in [3.63, 3.8) is 0 Å². The van der Waals surface area contributed by atoms with Gasteiger partial charge >= 0.3 is 0 Å². The second-order valence-electron chi connectivity index (χ2n) is 3.68. The lowest BCUT2D eigenvalue weighted by atomic mass is 10.2. The van der Waals surface area contributed by atoms with Crippen LogP contribution in [0.25, 0.3) is 0 Å². The molecule has 5 heteroatoms. The lowest BCUT2D eigenvalue weighted by Crippen LogP contribution is -2.31. The first-order valence-corrected chi connectivity index (χ1v) is 6.23. The van der Waals surface area contributed by atoms with Gasteiger partial charge in [0.05, 0.1) is 7.11 Å². The largest absolute Gasteiger partial charge is 0.481 e. The molecule has 5 nitrogen and oxygen atoms in total. The molecule has 18 heavy (non-hydrogen) atoms. The molecule has 0 saturated carbocycles. The van der Waals surface area contributed by atoms with Crippen LogP contribution in [0, 0.1) is 0 Å². The summed E-state index contributed by atoms with van der Waals surface area (Å²) >= 11 is 0. The van der Waals surface area contributed by atoms with Crippen LogP contribution < -0.4 is 10.1 Å². The summed E-state index contributed by atoms with van der Waals surface area (Å²) in [5, 5.41) is 3.29. The van der Waals surface area contributed by atoms with Crippen LogP contribution >= 0.6 is 0 Å². The fraction of sp³-hybridized carbons (Fsp3) is 0.615. The number of hydrogen-bond donors (Lipinski definition) is 1. The lowest BCUT2D eigenvalue weighted by Gasteiger charge is -2.17. The van der Waals surface area contributed by atoms with Crippen molar-refractivity contribution < 1.29 is 14.2 Å². The monoisotopic (exact) mass is 254 g/mol. The van der Waals surface area contributed by atoms with E-state index in [1.54, 1.807) is 13.3 Å². The van der Waals surface area contributed by atoms with Gasteiger partial charge in [-0.05, 0) is 25.5 Å². The molecule has 0 atom stereocenters. The second kappa shape index (κ2) is 8.85. The Morgan fingerprint density at radius 1 is 1.28 bits per heavy atom. The first kappa shape index (κ1) is 14.9. The molecular formula is C13H22N2O3. The number of aromatic nitrogens is 1. The second-order valence-corrected chi connectivity index (χ2v) is 3.68. The molecule has 0 aliphatic heterocycles. The number of methoxy groups -OCH3 is 1. The van der Waals surface area contributed by atoms with Crippen LogP contribution in [0.2, 0.25) is 0 Å². The molecule has 0 bridgehead atoms. The molecule has 0 spiro atoms. The van der Waals surface area contributed by atoms with E-state index in [4.69, 9.17) is 14.2 Å². The fourth-order valence-electron chi connectivity index (χ4n) is 1.54. The van der Waals surface area contributed by atoms with Gasteiger partial charge in [-0.3, -0.25) is 0 Å². The van der Waals surface area contributed by atoms with Crippen LogP contribution in [-0.4, -0.2) is 38.1 Å². The average Bonchev–Trinajstić information content (AvgIpc) is 2.39. The Morgan fingerprint density at radius 2 is 2.00 bits per heavy atom. The van der Waals surface area contributed by atoms with Crippen molar-refractivity contribution in [3.8, 4) is 5.88 Å². The number of rotatable bonds is 9. The van der Waals surface area contributed by atoms with E-state index in [0.29, 0.717) is 25.6 Å². The normalized spacial score (nSPS) is 10.9. The maximum atomic E-state index is 5.44. The third kappa shape index (κ3) is 5.44. The topological polar surface area (TPSA) is 52.6 Å². The molecule has 1 rings (SSSR count). The van der Waals surface area contributed by atoms with Crippen LogP contribution in [0.3, 0.4) is 0 Å².